The van der Waals surface area contributed by atoms with Crippen molar-refractivity contribution in [3.05, 3.63) is 0 Å². The molecule has 108 valence electrons. The van der Waals surface area contributed by atoms with Crippen molar-refractivity contribution in [2.75, 3.05) is 32.7 Å². The van der Waals surface area contributed by atoms with Crippen LogP contribution in [0.3, 0.4) is 0 Å². The van der Waals surface area contributed by atoms with Crippen molar-refractivity contribution < 1.29 is 0 Å². The molecule has 3 nitrogen and oxygen atoms in total. The topological polar surface area (TPSA) is 30.3 Å². The van der Waals surface area contributed by atoms with Crippen LogP contribution in [-0.2, 0) is 0 Å². The van der Waals surface area contributed by atoms with Crippen molar-refractivity contribution in [3.63, 3.8) is 0 Å². The Kier molecular flexibility index (Phi) is 5.24. The molecule has 1 aliphatic carbocycles. The highest BCUT2D eigenvalue weighted by Crippen LogP contribution is 2.25. The molecule has 19 heavy (non-hydrogen) atoms. The van der Waals surface area contributed by atoms with Gasteiger partial charge in [-0.05, 0) is 46.1 Å². The van der Waals surface area contributed by atoms with Crippen molar-refractivity contribution in [1.82, 2.24) is 9.80 Å². The maximum absolute atomic E-state index is 9.02. The molecule has 0 radical (unpaired) electrons. The van der Waals surface area contributed by atoms with E-state index in [0.717, 1.165) is 18.9 Å². The lowest BCUT2D eigenvalue weighted by atomic mass is 9.90. The molecule has 2 rings (SSSR count). The second-order valence-electron chi connectivity index (χ2n) is 6.92. The summed E-state index contributed by atoms with van der Waals surface area (Å²) in [5.41, 5.74) is -0.147. The van der Waals surface area contributed by atoms with Crippen LogP contribution < -0.4 is 0 Å². The van der Waals surface area contributed by atoms with Gasteiger partial charge < -0.3 is 4.90 Å². The van der Waals surface area contributed by atoms with E-state index in [1.165, 1.54) is 58.4 Å². The zero-order chi connectivity index (χ0) is 13.7. The Balaban J connectivity index is 1.62. The predicted molar refractivity (Wildman–Crippen MR) is 78.9 cm³/mol. The van der Waals surface area contributed by atoms with Gasteiger partial charge in [-0.1, -0.05) is 12.8 Å². The van der Waals surface area contributed by atoms with E-state index in [9.17, 15) is 0 Å². The highest BCUT2D eigenvalue weighted by Gasteiger charge is 2.26. The smallest absolute Gasteiger partial charge is 0.0683 e. The zero-order valence-electron chi connectivity index (χ0n) is 12.7. The van der Waals surface area contributed by atoms with Gasteiger partial charge in [0.1, 0.15) is 0 Å². The van der Waals surface area contributed by atoms with Gasteiger partial charge in [0.2, 0.25) is 0 Å². The van der Waals surface area contributed by atoms with Gasteiger partial charge in [-0.2, -0.15) is 5.26 Å². The van der Waals surface area contributed by atoms with E-state index in [1.54, 1.807) is 0 Å². The number of nitriles is 1. The van der Waals surface area contributed by atoms with Crippen LogP contribution in [-0.4, -0.2) is 48.6 Å². The molecule has 3 heteroatoms. The van der Waals surface area contributed by atoms with Gasteiger partial charge in [0.15, 0.2) is 0 Å². The number of rotatable bonds is 5. The van der Waals surface area contributed by atoms with E-state index in [4.69, 9.17) is 5.26 Å². The summed E-state index contributed by atoms with van der Waals surface area (Å²) in [6, 6.07) is 3.29. The predicted octanol–water partition coefficient (Wildman–Crippen LogP) is 2.88. The Labute approximate surface area is 118 Å². The summed E-state index contributed by atoms with van der Waals surface area (Å²) in [5.74, 6) is 0. The first kappa shape index (κ1) is 14.8. The second kappa shape index (κ2) is 6.72. The van der Waals surface area contributed by atoms with Crippen LogP contribution in [0, 0.1) is 16.7 Å². The van der Waals surface area contributed by atoms with E-state index < -0.39 is 0 Å². The van der Waals surface area contributed by atoms with Crippen molar-refractivity contribution in [2.45, 2.75) is 58.4 Å². The maximum Gasteiger partial charge on any atom is 0.0683 e. The fourth-order valence-corrected chi connectivity index (χ4v) is 3.42. The molecule has 0 unspecified atom stereocenters. The second-order valence-corrected chi connectivity index (χ2v) is 6.92. The number of nitrogens with zero attached hydrogens (tertiary/aromatic N) is 3. The van der Waals surface area contributed by atoms with E-state index in [0.29, 0.717) is 0 Å². The lowest BCUT2D eigenvalue weighted by Gasteiger charge is -2.38. The monoisotopic (exact) mass is 263 g/mol. The normalized spacial score (nSPS) is 23.6. The standard InChI is InChI=1S/C16H29N3/c1-16(2,14-17)8-5-9-18-10-12-19(13-11-18)15-6-3-4-7-15/h15H,3-13H2,1-2H3. The molecule has 0 aromatic heterocycles. The first-order chi connectivity index (χ1) is 9.11. The van der Waals surface area contributed by atoms with Gasteiger partial charge in [-0.25, -0.2) is 0 Å². The molecule has 0 atom stereocenters. The van der Waals surface area contributed by atoms with Gasteiger partial charge in [-0.3, -0.25) is 4.90 Å². The highest BCUT2D eigenvalue weighted by molar-refractivity contribution is 4.91. The van der Waals surface area contributed by atoms with E-state index in [2.05, 4.69) is 15.9 Å². The number of hydrogen-bond donors (Lipinski definition) is 0. The molecule has 0 N–H and O–H groups in total. The fraction of sp³-hybridized carbons (Fsp3) is 0.938. The molecule has 1 heterocycles. The van der Waals surface area contributed by atoms with Crippen molar-refractivity contribution in [2.24, 2.45) is 5.41 Å². The summed E-state index contributed by atoms with van der Waals surface area (Å²) in [7, 11) is 0. The minimum Gasteiger partial charge on any atom is -0.301 e. The van der Waals surface area contributed by atoms with Crippen LogP contribution >= 0.6 is 0 Å². The van der Waals surface area contributed by atoms with Crippen LogP contribution in [0.1, 0.15) is 52.4 Å². The van der Waals surface area contributed by atoms with Crippen molar-refractivity contribution in [3.8, 4) is 6.07 Å². The molecule has 2 aliphatic rings. The molecule has 1 aliphatic heterocycles. The summed E-state index contributed by atoms with van der Waals surface area (Å²) < 4.78 is 0. The Morgan fingerprint density at radius 3 is 2.32 bits per heavy atom. The fourth-order valence-electron chi connectivity index (χ4n) is 3.42. The molecular weight excluding hydrogens is 234 g/mol. The third-order valence-corrected chi connectivity index (χ3v) is 4.83. The first-order valence-electron chi connectivity index (χ1n) is 7.98. The lowest BCUT2D eigenvalue weighted by molar-refractivity contribution is 0.0955. The number of hydrogen-bond acceptors (Lipinski definition) is 3. The Morgan fingerprint density at radius 1 is 1.11 bits per heavy atom. The summed E-state index contributed by atoms with van der Waals surface area (Å²) in [6.07, 6.45) is 7.91. The molecule has 0 aromatic rings. The summed E-state index contributed by atoms with van der Waals surface area (Å²) >= 11 is 0. The Morgan fingerprint density at radius 2 is 1.74 bits per heavy atom. The Hall–Kier alpha value is -0.590. The zero-order valence-corrected chi connectivity index (χ0v) is 12.7. The van der Waals surface area contributed by atoms with Gasteiger partial charge in [0.25, 0.3) is 0 Å². The molecule has 0 spiro atoms. The average molecular weight is 263 g/mol. The summed E-state index contributed by atoms with van der Waals surface area (Å²) in [5, 5.41) is 9.02. The minimum atomic E-state index is -0.147. The van der Waals surface area contributed by atoms with Crippen molar-refractivity contribution in [1.29, 1.82) is 5.26 Å². The molecular formula is C16H29N3. The van der Waals surface area contributed by atoms with Crippen LogP contribution in [0.4, 0.5) is 0 Å². The molecule has 0 aromatic carbocycles. The maximum atomic E-state index is 9.02. The van der Waals surface area contributed by atoms with Gasteiger partial charge in [-0.15, -0.1) is 0 Å². The van der Waals surface area contributed by atoms with Crippen LogP contribution in [0.2, 0.25) is 0 Å². The van der Waals surface area contributed by atoms with Gasteiger partial charge in [0.05, 0.1) is 11.5 Å². The largest absolute Gasteiger partial charge is 0.301 e. The van der Waals surface area contributed by atoms with Gasteiger partial charge >= 0.3 is 0 Å². The lowest BCUT2D eigenvalue weighted by Crippen LogP contribution is -2.49. The van der Waals surface area contributed by atoms with Crippen molar-refractivity contribution >= 4 is 0 Å². The minimum absolute atomic E-state index is 0.147. The quantitative estimate of drug-likeness (QED) is 0.764. The first-order valence-corrected chi connectivity index (χ1v) is 7.98. The van der Waals surface area contributed by atoms with E-state index in [-0.39, 0.29) is 5.41 Å². The van der Waals surface area contributed by atoms with Gasteiger partial charge in [0, 0.05) is 32.2 Å². The molecule has 1 saturated carbocycles. The van der Waals surface area contributed by atoms with Crippen LogP contribution in [0.5, 0.6) is 0 Å². The SMILES string of the molecule is CC(C)(C#N)CCCN1CCN(C2CCCC2)CC1. The summed E-state index contributed by atoms with van der Waals surface area (Å²) in [6.45, 7) is 10.2. The molecule has 2 fully saturated rings. The highest BCUT2D eigenvalue weighted by atomic mass is 15.3. The third kappa shape index (κ3) is 4.47. The molecule has 1 saturated heterocycles. The molecule has 0 bridgehead atoms. The van der Waals surface area contributed by atoms with Crippen LogP contribution in [0.15, 0.2) is 0 Å². The number of piperazine rings is 1. The van der Waals surface area contributed by atoms with E-state index >= 15 is 0 Å². The summed E-state index contributed by atoms with van der Waals surface area (Å²) in [4.78, 5) is 5.29. The third-order valence-electron chi connectivity index (χ3n) is 4.83. The van der Waals surface area contributed by atoms with Crippen LogP contribution in [0.25, 0.3) is 0 Å². The average Bonchev–Trinajstić information content (AvgIpc) is 2.93. The Bertz CT molecular complexity index is 304. The van der Waals surface area contributed by atoms with E-state index in [1.807, 2.05) is 13.8 Å². The molecule has 0 amide bonds.